The van der Waals surface area contributed by atoms with E-state index >= 15 is 0 Å². The molecule has 0 spiro atoms. The van der Waals surface area contributed by atoms with Crippen LogP contribution in [0.1, 0.15) is 53.9 Å². The van der Waals surface area contributed by atoms with Crippen LogP contribution in [0.5, 0.6) is 11.5 Å². The summed E-state index contributed by atoms with van der Waals surface area (Å²) in [6.45, 7) is 2.12. The third-order valence-electron chi connectivity index (χ3n) is 6.14. The van der Waals surface area contributed by atoms with Crippen molar-refractivity contribution in [2.45, 2.75) is 45.6 Å². The standard InChI is InChI=1S/C30H30F3N3O5/c1-30(2,3)41-29(38)35-16-24(19-6-5-7-21(12-19)39-4)36-27(37)23-14-18(10-11-25(23)40-28(32)33)17-8-9-20-15-34-26(31)22(20)13-17/h5-14,24,28H,15-16H2,1-4H3,(H,35,38)(H,36,37). The number of alkyl carbamates (subject to hydrolysis) is 1. The number of benzene rings is 3. The number of methoxy groups -OCH3 is 1. The Bertz CT molecular complexity index is 1470. The van der Waals surface area contributed by atoms with Gasteiger partial charge in [0.25, 0.3) is 5.91 Å². The lowest BCUT2D eigenvalue weighted by molar-refractivity contribution is -0.0501. The number of ether oxygens (including phenoxy) is 3. The molecule has 0 saturated heterocycles. The van der Waals surface area contributed by atoms with Gasteiger partial charge in [-0.2, -0.15) is 13.2 Å². The molecular weight excluding hydrogens is 539 g/mol. The number of carbonyl (C=O) groups is 2. The number of nitrogens with one attached hydrogen (secondary N) is 2. The van der Waals surface area contributed by atoms with Crippen LogP contribution < -0.4 is 20.1 Å². The molecule has 4 rings (SSSR count). The molecule has 0 fully saturated rings. The summed E-state index contributed by atoms with van der Waals surface area (Å²) < 4.78 is 55.9. The first kappa shape index (κ1) is 29.4. The van der Waals surface area contributed by atoms with Crippen LogP contribution in [0.15, 0.2) is 65.7 Å². The lowest BCUT2D eigenvalue weighted by Gasteiger charge is -2.24. The van der Waals surface area contributed by atoms with Crippen LogP contribution >= 0.6 is 0 Å². The Hall–Kier alpha value is -4.54. The summed E-state index contributed by atoms with van der Waals surface area (Å²) >= 11 is 0. The van der Waals surface area contributed by atoms with Gasteiger partial charge in [0.05, 0.1) is 25.3 Å². The highest BCUT2D eigenvalue weighted by Crippen LogP contribution is 2.31. The largest absolute Gasteiger partial charge is 0.497 e. The summed E-state index contributed by atoms with van der Waals surface area (Å²) in [5, 5.41) is 5.42. The average molecular weight is 570 g/mol. The lowest BCUT2D eigenvalue weighted by atomic mass is 9.98. The zero-order chi connectivity index (χ0) is 29.7. The molecule has 3 aromatic rings. The quantitative estimate of drug-likeness (QED) is 0.320. The maximum atomic E-state index is 14.1. The van der Waals surface area contributed by atoms with E-state index < -0.39 is 36.2 Å². The Labute approximate surface area is 235 Å². The maximum Gasteiger partial charge on any atom is 0.407 e. The molecule has 0 radical (unpaired) electrons. The van der Waals surface area contributed by atoms with Crippen molar-refractivity contribution in [3.8, 4) is 22.6 Å². The second-order valence-electron chi connectivity index (χ2n) is 10.3. The number of hydrogen-bond acceptors (Lipinski definition) is 6. The predicted octanol–water partition coefficient (Wildman–Crippen LogP) is 6.19. The van der Waals surface area contributed by atoms with E-state index in [1.807, 2.05) is 0 Å². The van der Waals surface area contributed by atoms with E-state index in [0.29, 0.717) is 28.0 Å². The summed E-state index contributed by atoms with van der Waals surface area (Å²) in [6.07, 6.45) is -0.698. The molecule has 1 aliphatic heterocycles. The first-order valence-corrected chi connectivity index (χ1v) is 12.8. The molecular formula is C30H30F3N3O5. The molecule has 8 nitrogen and oxygen atoms in total. The molecule has 0 aromatic heterocycles. The maximum absolute atomic E-state index is 14.1. The first-order chi connectivity index (χ1) is 19.4. The molecule has 1 heterocycles. The van der Waals surface area contributed by atoms with Crippen molar-refractivity contribution >= 4 is 18.0 Å². The van der Waals surface area contributed by atoms with Gasteiger partial charge in [-0.3, -0.25) is 9.79 Å². The molecule has 0 saturated carbocycles. The van der Waals surface area contributed by atoms with Gasteiger partial charge >= 0.3 is 12.7 Å². The average Bonchev–Trinajstić information content (AvgIpc) is 3.29. The van der Waals surface area contributed by atoms with Gasteiger partial charge in [0.1, 0.15) is 17.1 Å². The summed E-state index contributed by atoms with van der Waals surface area (Å²) in [5.74, 6) is -1.17. The minimum absolute atomic E-state index is 0.0814. The summed E-state index contributed by atoms with van der Waals surface area (Å²) in [5.41, 5.74) is 1.76. The number of alkyl halides is 2. The van der Waals surface area contributed by atoms with Gasteiger partial charge in [0.15, 0.2) is 0 Å². The molecule has 3 aromatic carbocycles. The number of aliphatic imine (C=N–C) groups is 1. The van der Waals surface area contributed by atoms with E-state index in [1.165, 1.54) is 25.3 Å². The number of amides is 2. The molecule has 216 valence electrons. The van der Waals surface area contributed by atoms with Crippen LogP contribution in [-0.4, -0.2) is 43.8 Å². The topological polar surface area (TPSA) is 98.2 Å². The van der Waals surface area contributed by atoms with E-state index in [9.17, 15) is 22.8 Å². The van der Waals surface area contributed by atoms with Crippen molar-refractivity contribution in [3.05, 3.63) is 82.9 Å². The van der Waals surface area contributed by atoms with Crippen molar-refractivity contribution in [3.63, 3.8) is 0 Å². The summed E-state index contributed by atoms with van der Waals surface area (Å²) in [6, 6.07) is 15.2. The van der Waals surface area contributed by atoms with E-state index in [4.69, 9.17) is 9.47 Å². The Morgan fingerprint density at radius 2 is 1.76 bits per heavy atom. The van der Waals surface area contributed by atoms with E-state index in [1.54, 1.807) is 63.2 Å². The monoisotopic (exact) mass is 569 g/mol. The van der Waals surface area contributed by atoms with Crippen molar-refractivity contribution in [2.75, 3.05) is 13.7 Å². The second kappa shape index (κ2) is 12.3. The fourth-order valence-corrected chi connectivity index (χ4v) is 4.26. The number of fused-ring (bicyclic) bond motifs is 1. The third kappa shape index (κ3) is 7.56. The first-order valence-electron chi connectivity index (χ1n) is 12.8. The zero-order valence-corrected chi connectivity index (χ0v) is 23.0. The Kier molecular flexibility index (Phi) is 8.85. The molecule has 1 unspecified atom stereocenters. The molecule has 1 aliphatic rings. The second-order valence-corrected chi connectivity index (χ2v) is 10.3. The molecule has 0 aliphatic carbocycles. The fraction of sp³-hybridized carbons (Fsp3) is 0.300. The van der Waals surface area contributed by atoms with Gasteiger partial charge in [-0.15, -0.1) is 0 Å². The number of carbonyl (C=O) groups excluding carboxylic acids is 2. The molecule has 0 bridgehead atoms. The van der Waals surface area contributed by atoms with Crippen molar-refractivity contribution in [1.82, 2.24) is 10.6 Å². The highest BCUT2D eigenvalue weighted by molar-refractivity contribution is 6.00. The predicted molar refractivity (Wildman–Crippen MR) is 147 cm³/mol. The smallest absolute Gasteiger partial charge is 0.407 e. The molecule has 2 N–H and O–H groups in total. The zero-order valence-electron chi connectivity index (χ0n) is 23.0. The van der Waals surface area contributed by atoms with E-state index in [2.05, 4.69) is 20.4 Å². The SMILES string of the molecule is COc1cccc(C(CNC(=O)OC(C)(C)C)NC(=O)c2cc(-c3ccc4c(c3)C(F)=NC4)ccc2OC(F)F)c1. The molecule has 11 heteroatoms. The molecule has 1 atom stereocenters. The van der Waals surface area contributed by atoms with Gasteiger partial charge in [0.2, 0.25) is 5.97 Å². The van der Waals surface area contributed by atoms with Crippen LogP contribution in [-0.2, 0) is 11.3 Å². The number of hydrogen-bond donors (Lipinski definition) is 2. The van der Waals surface area contributed by atoms with Crippen LogP contribution in [0.2, 0.25) is 0 Å². The Balaban J connectivity index is 1.66. The van der Waals surface area contributed by atoms with Crippen molar-refractivity contribution in [1.29, 1.82) is 0 Å². The molecule has 41 heavy (non-hydrogen) atoms. The van der Waals surface area contributed by atoms with Crippen molar-refractivity contribution < 1.29 is 37.0 Å². The van der Waals surface area contributed by atoms with E-state index in [-0.39, 0.29) is 24.4 Å². The lowest BCUT2D eigenvalue weighted by Crippen LogP contribution is -2.40. The number of nitrogens with zero attached hydrogens (tertiary/aromatic N) is 1. The van der Waals surface area contributed by atoms with Crippen LogP contribution in [0.3, 0.4) is 0 Å². The fourth-order valence-electron chi connectivity index (χ4n) is 4.26. The Morgan fingerprint density at radius 1 is 1.02 bits per heavy atom. The highest BCUT2D eigenvalue weighted by atomic mass is 19.3. The third-order valence-corrected chi connectivity index (χ3v) is 6.14. The minimum atomic E-state index is -3.18. The van der Waals surface area contributed by atoms with Gasteiger partial charge in [-0.05, 0) is 73.4 Å². The highest BCUT2D eigenvalue weighted by Gasteiger charge is 2.24. The van der Waals surface area contributed by atoms with Gasteiger partial charge in [0, 0.05) is 12.1 Å². The molecule has 2 amide bonds. The van der Waals surface area contributed by atoms with Gasteiger partial charge < -0.3 is 24.8 Å². The van der Waals surface area contributed by atoms with Crippen LogP contribution in [0.25, 0.3) is 11.1 Å². The van der Waals surface area contributed by atoms with E-state index in [0.717, 1.165) is 5.56 Å². The summed E-state index contributed by atoms with van der Waals surface area (Å²) in [4.78, 5) is 29.7. The van der Waals surface area contributed by atoms with Crippen LogP contribution in [0, 0.1) is 0 Å². The van der Waals surface area contributed by atoms with Gasteiger partial charge in [-0.25, -0.2) is 4.79 Å². The number of rotatable bonds is 9. The number of halogens is 3. The van der Waals surface area contributed by atoms with Gasteiger partial charge in [-0.1, -0.05) is 30.3 Å². The minimum Gasteiger partial charge on any atom is -0.497 e. The normalized spacial score (nSPS) is 13.2. The summed E-state index contributed by atoms with van der Waals surface area (Å²) in [7, 11) is 1.49. The van der Waals surface area contributed by atoms with Crippen molar-refractivity contribution in [2.24, 2.45) is 4.99 Å². The van der Waals surface area contributed by atoms with Crippen LogP contribution in [0.4, 0.5) is 18.0 Å². The Morgan fingerprint density at radius 3 is 2.46 bits per heavy atom.